The molecule has 1 aliphatic rings. The first-order valence-electron chi connectivity index (χ1n) is 8.30. The lowest BCUT2D eigenvalue weighted by Gasteiger charge is -2.37. The van der Waals surface area contributed by atoms with E-state index in [1.54, 1.807) is 0 Å². The van der Waals surface area contributed by atoms with Crippen LogP contribution >= 0.6 is 0 Å². The first-order valence-corrected chi connectivity index (χ1v) is 8.30. The van der Waals surface area contributed by atoms with Gasteiger partial charge in [-0.25, -0.2) is 0 Å². The molecule has 3 rings (SSSR count). The van der Waals surface area contributed by atoms with Crippen LogP contribution in [0.2, 0.25) is 0 Å². The molecule has 0 radical (unpaired) electrons. The van der Waals surface area contributed by atoms with Gasteiger partial charge in [-0.1, -0.05) is 25.1 Å². The lowest BCUT2D eigenvalue weighted by Crippen LogP contribution is -2.44. The molecule has 1 saturated heterocycles. The smallest absolute Gasteiger partial charge is 0.150 e. The molecule has 24 heavy (non-hydrogen) atoms. The van der Waals surface area contributed by atoms with Gasteiger partial charge in [-0.15, -0.1) is 0 Å². The van der Waals surface area contributed by atoms with E-state index in [1.165, 1.54) is 5.56 Å². The second-order valence-electron chi connectivity index (χ2n) is 7.16. The summed E-state index contributed by atoms with van der Waals surface area (Å²) in [7, 11) is 0. The number of rotatable bonds is 5. The highest BCUT2D eigenvalue weighted by Gasteiger charge is 2.34. The zero-order valence-corrected chi connectivity index (χ0v) is 14.8. The molecule has 0 aromatic heterocycles. The fourth-order valence-corrected chi connectivity index (χ4v) is 3.28. The van der Waals surface area contributed by atoms with E-state index < -0.39 is 0 Å². The maximum absolute atomic E-state index is 11.2. The van der Waals surface area contributed by atoms with Crippen LogP contribution in [0.1, 0.15) is 34.0 Å². The van der Waals surface area contributed by atoms with Crippen LogP contribution in [-0.4, -0.2) is 26.1 Å². The summed E-state index contributed by atoms with van der Waals surface area (Å²) in [6.45, 7) is 10.6. The van der Waals surface area contributed by atoms with E-state index >= 15 is 0 Å². The number of ether oxygens (including phenoxy) is 2. The summed E-state index contributed by atoms with van der Waals surface area (Å²) in [5.74, 6) is 0.895. The van der Waals surface area contributed by atoms with Crippen molar-refractivity contribution < 1.29 is 14.3 Å². The molecule has 2 aromatic rings. The largest absolute Gasteiger partial charge is 0.493 e. The summed E-state index contributed by atoms with van der Waals surface area (Å²) in [6, 6.07) is 10.0. The van der Waals surface area contributed by atoms with Crippen molar-refractivity contribution in [1.82, 2.24) is 0 Å². The molecule has 3 nitrogen and oxygen atoms in total. The van der Waals surface area contributed by atoms with Crippen molar-refractivity contribution in [2.75, 3.05) is 19.8 Å². The summed E-state index contributed by atoms with van der Waals surface area (Å²) in [4.78, 5) is 11.2. The van der Waals surface area contributed by atoms with Crippen LogP contribution in [0.25, 0.3) is 11.1 Å². The third-order valence-electron chi connectivity index (χ3n) is 4.77. The van der Waals surface area contributed by atoms with Crippen LogP contribution in [0.4, 0.5) is 0 Å². The van der Waals surface area contributed by atoms with Gasteiger partial charge in [0.15, 0.2) is 0 Å². The van der Waals surface area contributed by atoms with Gasteiger partial charge in [-0.2, -0.15) is 0 Å². The molecule has 1 fully saturated rings. The van der Waals surface area contributed by atoms with Crippen molar-refractivity contribution in [1.29, 1.82) is 0 Å². The molecule has 126 valence electrons. The molecule has 0 amide bonds. The van der Waals surface area contributed by atoms with Crippen LogP contribution in [0.15, 0.2) is 30.3 Å². The third kappa shape index (κ3) is 3.09. The number of aldehydes is 1. The quantitative estimate of drug-likeness (QED) is 0.759. The van der Waals surface area contributed by atoms with Gasteiger partial charge in [-0.3, -0.25) is 4.79 Å². The summed E-state index contributed by atoms with van der Waals surface area (Å²) in [6.07, 6.45) is 0.919. The number of carbonyl (C=O) groups excluding carboxylic acids is 1. The monoisotopic (exact) mass is 324 g/mol. The Balaban J connectivity index is 1.92. The van der Waals surface area contributed by atoms with E-state index in [4.69, 9.17) is 9.47 Å². The fraction of sp³-hybridized carbons (Fsp3) is 0.381. The molecular formula is C21H24O3. The Morgan fingerprint density at radius 1 is 1.17 bits per heavy atom. The molecule has 3 heteroatoms. The second kappa shape index (κ2) is 6.40. The number of hydrogen-bond acceptors (Lipinski definition) is 3. The molecule has 0 atom stereocenters. The Labute approximate surface area is 143 Å². The van der Waals surface area contributed by atoms with Crippen molar-refractivity contribution in [3.63, 3.8) is 0 Å². The van der Waals surface area contributed by atoms with Crippen molar-refractivity contribution in [2.24, 2.45) is 5.41 Å². The van der Waals surface area contributed by atoms with Gasteiger partial charge >= 0.3 is 0 Å². The van der Waals surface area contributed by atoms with Crippen LogP contribution in [-0.2, 0) is 4.74 Å². The Morgan fingerprint density at radius 2 is 1.83 bits per heavy atom. The predicted octanol–water partition coefficient (Wildman–Crippen LogP) is 4.51. The van der Waals surface area contributed by atoms with Gasteiger partial charge in [0, 0.05) is 11.0 Å². The topological polar surface area (TPSA) is 35.5 Å². The van der Waals surface area contributed by atoms with Crippen molar-refractivity contribution in [2.45, 2.75) is 27.7 Å². The zero-order valence-electron chi connectivity index (χ0n) is 14.8. The van der Waals surface area contributed by atoms with Crippen LogP contribution < -0.4 is 4.74 Å². The van der Waals surface area contributed by atoms with E-state index in [-0.39, 0.29) is 5.41 Å². The molecule has 0 aliphatic carbocycles. The Morgan fingerprint density at radius 3 is 2.38 bits per heavy atom. The maximum Gasteiger partial charge on any atom is 0.150 e. The average molecular weight is 324 g/mol. The van der Waals surface area contributed by atoms with E-state index in [0.717, 1.165) is 53.1 Å². The van der Waals surface area contributed by atoms with E-state index in [1.807, 2.05) is 19.1 Å². The second-order valence-corrected chi connectivity index (χ2v) is 7.16. The standard InChI is InChI=1S/C21H24O3/c1-14-8-18(24-13-21(4)11-23-12-21)9-15(2)20(14)19-7-5-6-17(10-22)16(19)3/h5-10H,11-13H2,1-4H3. The SMILES string of the molecule is Cc1cc(OCC2(C)COC2)cc(C)c1-c1cccc(C=O)c1C. The van der Waals surface area contributed by atoms with Gasteiger partial charge < -0.3 is 9.47 Å². The Hall–Kier alpha value is -2.13. The van der Waals surface area contributed by atoms with Crippen molar-refractivity contribution in [3.05, 3.63) is 52.6 Å². The highest BCUT2D eigenvalue weighted by atomic mass is 16.5. The van der Waals surface area contributed by atoms with Gasteiger partial charge in [0.1, 0.15) is 12.0 Å². The Bertz CT molecular complexity index is 750. The Kier molecular flexibility index (Phi) is 4.46. The number of carbonyl (C=O) groups is 1. The molecule has 1 aliphatic heterocycles. The molecule has 0 unspecified atom stereocenters. The first-order chi connectivity index (χ1) is 11.4. The highest BCUT2D eigenvalue weighted by molar-refractivity contribution is 5.84. The van der Waals surface area contributed by atoms with Gasteiger partial charge in [0.2, 0.25) is 0 Å². The lowest BCUT2D eigenvalue weighted by molar-refractivity contribution is -0.120. The third-order valence-corrected chi connectivity index (χ3v) is 4.77. The highest BCUT2D eigenvalue weighted by Crippen LogP contribution is 2.35. The first kappa shape index (κ1) is 16.7. The van der Waals surface area contributed by atoms with Crippen molar-refractivity contribution >= 4 is 6.29 Å². The predicted molar refractivity (Wildman–Crippen MR) is 95.9 cm³/mol. The van der Waals surface area contributed by atoms with Crippen LogP contribution in [0.5, 0.6) is 5.75 Å². The number of aryl methyl sites for hydroxylation is 2. The fourth-order valence-electron chi connectivity index (χ4n) is 3.28. The minimum Gasteiger partial charge on any atom is -0.493 e. The summed E-state index contributed by atoms with van der Waals surface area (Å²) < 4.78 is 11.3. The molecule has 1 heterocycles. The van der Waals surface area contributed by atoms with E-state index in [2.05, 4.69) is 39.0 Å². The number of benzene rings is 2. The molecule has 0 N–H and O–H groups in total. The van der Waals surface area contributed by atoms with Gasteiger partial charge in [-0.05, 0) is 60.7 Å². The lowest BCUT2D eigenvalue weighted by atomic mass is 9.89. The number of hydrogen-bond donors (Lipinski definition) is 0. The van der Waals surface area contributed by atoms with Crippen LogP contribution in [0.3, 0.4) is 0 Å². The summed E-state index contributed by atoms with van der Waals surface area (Å²) in [5.41, 5.74) is 6.51. The summed E-state index contributed by atoms with van der Waals surface area (Å²) in [5, 5.41) is 0. The van der Waals surface area contributed by atoms with Gasteiger partial charge in [0.25, 0.3) is 0 Å². The molecule has 0 saturated carbocycles. The van der Waals surface area contributed by atoms with Crippen molar-refractivity contribution in [3.8, 4) is 16.9 Å². The summed E-state index contributed by atoms with van der Waals surface area (Å²) >= 11 is 0. The minimum absolute atomic E-state index is 0.134. The van der Waals surface area contributed by atoms with Gasteiger partial charge in [0.05, 0.1) is 19.8 Å². The average Bonchev–Trinajstić information content (AvgIpc) is 2.52. The molecule has 2 aromatic carbocycles. The normalized spacial score (nSPS) is 15.7. The molecule has 0 spiro atoms. The molecule has 0 bridgehead atoms. The van der Waals surface area contributed by atoms with E-state index in [9.17, 15) is 4.79 Å². The van der Waals surface area contributed by atoms with Crippen LogP contribution in [0, 0.1) is 26.2 Å². The minimum atomic E-state index is 0.134. The molecular weight excluding hydrogens is 300 g/mol. The van der Waals surface area contributed by atoms with E-state index in [0.29, 0.717) is 6.61 Å². The maximum atomic E-state index is 11.2. The zero-order chi connectivity index (χ0) is 17.3.